The van der Waals surface area contributed by atoms with Gasteiger partial charge < -0.3 is 10.2 Å². The molecule has 2 amide bonds. The summed E-state index contributed by atoms with van der Waals surface area (Å²) < 4.78 is 0. The van der Waals surface area contributed by atoms with E-state index in [1.54, 1.807) is 11.8 Å². The van der Waals surface area contributed by atoms with E-state index < -0.39 is 0 Å². The number of nitrogens with one attached hydrogen (secondary N) is 1. The van der Waals surface area contributed by atoms with Crippen molar-refractivity contribution in [3.63, 3.8) is 0 Å². The van der Waals surface area contributed by atoms with Crippen molar-refractivity contribution >= 4 is 29.3 Å². The van der Waals surface area contributed by atoms with Gasteiger partial charge in [0.15, 0.2) is 0 Å². The maximum atomic E-state index is 12.7. The van der Waals surface area contributed by atoms with E-state index in [1.807, 2.05) is 77.7 Å². The number of hydrogen-bond acceptors (Lipinski definition) is 4. The number of rotatable bonds is 6. The van der Waals surface area contributed by atoms with E-state index >= 15 is 0 Å². The van der Waals surface area contributed by atoms with Crippen molar-refractivity contribution in [1.29, 1.82) is 0 Å². The summed E-state index contributed by atoms with van der Waals surface area (Å²) in [7, 11) is 0. The molecule has 1 N–H and O–H groups in total. The molecule has 3 aromatic carbocycles. The van der Waals surface area contributed by atoms with E-state index in [0.717, 1.165) is 15.5 Å². The molecule has 0 aromatic heterocycles. The molecule has 5 nitrogen and oxygen atoms in total. The SMILES string of the molecule is O=C(CN1CCN(C(=O)c2ccccc2)CC1)Nc1ccccc1Sc1ccccc1. The molecule has 158 valence electrons. The number of para-hydroxylation sites is 1. The lowest BCUT2D eigenvalue weighted by molar-refractivity contribution is -0.117. The molecule has 31 heavy (non-hydrogen) atoms. The summed E-state index contributed by atoms with van der Waals surface area (Å²) in [6, 6.07) is 27.3. The highest BCUT2D eigenvalue weighted by molar-refractivity contribution is 7.99. The number of carbonyl (C=O) groups is 2. The monoisotopic (exact) mass is 431 g/mol. The summed E-state index contributed by atoms with van der Waals surface area (Å²) in [4.78, 5) is 31.4. The summed E-state index contributed by atoms with van der Waals surface area (Å²) in [5.41, 5.74) is 1.53. The minimum Gasteiger partial charge on any atom is -0.336 e. The lowest BCUT2D eigenvalue weighted by atomic mass is 10.2. The first-order valence-corrected chi connectivity index (χ1v) is 11.2. The van der Waals surface area contributed by atoms with Crippen LogP contribution in [0, 0.1) is 0 Å². The molecule has 1 heterocycles. The highest BCUT2D eigenvalue weighted by Gasteiger charge is 2.23. The van der Waals surface area contributed by atoms with Crippen LogP contribution in [0.2, 0.25) is 0 Å². The molecule has 0 atom stereocenters. The molecule has 1 aliphatic rings. The number of nitrogens with zero attached hydrogens (tertiary/aromatic N) is 2. The Bertz CT molecular complexity index is 1020. The van der Waals surface area contributed by atoms with Crippen molar-refractivity contribution in [2.45, 2.75) is 9.79 Å². The van der Waals surface area contributed by atoms with Crippen molar-refractivity contribution in [3.05, 3.63) is 90.5 Å². The molecule has 4 rings (SSSR count). The third kappa shape index (κ3) is 5.75. The standard InChI is InChI=1S/C25H25N3O2S/c29-24(26-22-13-7-8-14-23(22)31-21-11-5-2-6-12-21)19-27-15-17-28(18-16-27)25(30)20-9-3-1-4-10-20/h1-14H,15-19H2,(H,26,29). The molecular formula is C25H25N3O2S. The van der Waals surface area contributed by atoms with Gasteiger partial charge in [-0.1, -0.05) is 60.3 Å². The Morgan fingerprint density at radius 1 is 0.774 bits per heavy atom. The van der Waals surface area contributed by atoms with Crippen LogP contribution in [-0.2, 0) is 4.79 Å². The quantitative estimate of drug-likeness (QED) is 0.635. The minimum atomic E-state index is -0.0380. The van der Waals surface area contributed by atoms with E-state index in [4.69, 9.17) is 0 Å². The molecule has 0 unspecified atom stereocenters. The lowest BCUT2D eigenvalue weighted by Gasteiger charge is -2.34. The number of anilines is 1. The fourth-order valence-electron chi connectivity index (χ4n) is 3.54. The lowest BCUT2D eigenvalue weighted by Crippen LogP contribution is -2.50. The van der Waals surface area contributed by atoms with Gasteiger partial charge in [-0.25, -0.2) is 0 Å². The third-order valence-corrected chi connectivity index (χ3v) is 6.26. The normalized spacial score (nSPS) is 14.3. The van der Waals surface area contributed by atoms with Crippen molar-refractivity contribution in [1.82, 2.24) is 9.80 Å². The van der Waals surface area contributed by atoms with Crippen LogP contribution >= 0.6 is 11.8 Å². The third-order valence-electron chi connectivity index (χ3n) is 5.18. The summed E-state index contributed by atoms with van der Waals surface area (Å²) >= 11 is 1.63. The maximum Gasteiger partial charge on any atom is 0.253 e. The molecule has 0 spiro atoms. The second kappa shape index (κ2) is 10.3. The predicted octanol–water partition coefficient (Wildman–Crippen LogP) is 4.23. The van der Waals surface area contributed by atoms with Crippen molar-refractivity contribution in [3.8, 4) is 0 Å². The highest BCUT2D eigenvalue weighted by atomic mass is 32.2. The van der Waals surface area contributed by atoms with E-state index in [-0.39, 0.29) is 11.8 Å². The van der Waals surface area contributed by atoms with Crippen molar-refractivity contribution < 1.29 is 9.59 Å². The molecular weight excluding hydrogens is 406 g/mol. The molecule has 0 saturated carbocycles. The number of benzene rings is 3. The Morgan fingerprint density at radius 3 is 2.10 bits per heavy atom. The Labute approximate surface area is 187 Å². The first-order valence-electron chi connectivity index (χ1n) is 10.4. The van der Waals surface area contributed by atoms with Crippen molar-refractivity contribution in [2.75, 3.05) is 38.0 Å². The summed E-state index contributed by atoms with van der Waals surface area (Å²) in [5, 5.41) is 3.06. The number of hydrogen-bond donors (Lipinski definition) is 1. The molecule has 0 aliphatic carbocycles. The average molecular weight is 432 g/mol. The van der Waals surface area contributed by atoms with Gasteiger partial charge in [-0.15, -0.1) is 0 Å². The largest absolute Gasteiger partial charge is 0.336 e. The van der Waals surface area contributed by atoms with Gasteiger partial charge in [0.2, 0.25) is 5.91 Å². The van der Waals surface area contributed by atoms with Crippen LogP contribution in [0.25, 0.3) is 0 Å². The molecule has 1 saturated heterocycles. The maximum absolute atomic E-state index is 12.7. The van der Waals surface area contributed by atoms with Gasteiger partial charge in [-0.3, -0.25) is 14.5 Å². The number of amides is 2. The first-order chi connectivity index (χ1) is 15.2. The van der Waals surface area contributed by atoms with Gasteiger partial charge in [-0.2, -0.15) is 0 Å². The van der Waals surface area contributed by atoms with Gasteiger partial charge in [0.1, 0.15) is 0 Å². The summed E-state index contributed by atoms with van der Waals surface area (Å²) in [6.07, 6.45) is 0. The second-order valence-electron chi connectivity index (χ2n) is 7.39. The van der Waals surface area contributed by atoms with E-state index in [1.165, 1.54) is 0 Å². The molecule has 1 fully saturated rings. The molecule has 0 radical (unpaired) electrons. The fraction of sp³-hybridized carbons (Fsp3) is 0.200. The molecule has 3 aromatic rings. The van der Waals surface area contributed by atoms with Crippen LogP contribution in [-0.4, -0.2) is 54.3 Å². The Hall–Kier alpha value is -3.09. The van der Waals surface area contributed by atoms with Gasteiger partial charge in [-0.05, 0) is 36.4 Å². The zero-order valence-electron chi connectivity index (χ0n) is 17.2. The number of carbonyl (C=O) groups excluding carboxylic acids is 2. The van der Waals surface area contributed by atoms with Gasteiger partial charge in [0, 0.05) is 41.5 Å². The molecule has 0 bridgehead atoms. The van der Waals surface area contributed by atoms with Crippen LogP contribution in [0.4, 0.5) is 5.69 Å². The second-order valence-corrected chi connectivity index (χ2v) is 8.51. The van der Waals surface area contributed by atoms with Crippen LogP contribution in [0.5, 0.6) is 0 Å². The van der Waals surface area contributed by atoms with Gasteiger partial charge in [0.25, 0.3) is 5.91 Å². The smallest absolute Gasteiger partial charge is 0.253 e. The average Bonchev–Trinajstić information content (AvgIpc) is 2.82. The van der Waals surface area contributed by atoms with Crippen LogP contribution in [0.1, 0.15) is 10.4 Å². The topological polar surface area (TPSA) is 52.7 Å². The fourth-order valence-corrected chi connectivity index (χ4v) is 4.46. The summed E-state index contributed by atoms with van der Waals surface area (Å²) in [5.74, 6) is 0.0144. The molecule has 1 aliphatic heterocycles. The van der Waals surface area contributed by atoms with Gasteiger partial charge >= 0.3 is 0 Å². The van der Waals surface area contributed by atoms with E-state index in [9.17, 15) is 9.59 Å². The molecule has 6 heteroatoms. The Morgan fingerprint density at radius 2 is 1.39 bits per heavy atom. The minimum absolute atomic E-state index is 0.0380. The Kier molecular flexibility index (Phi) is 7.02. The zero-order valence-corrected chi connectivity index (χ0v) is 18.1. The van der Waals surface area contributed by atoms with Crippen LogP contribution in [0.3, 0.4) is 0 Å². The van der Waals surface area contributed by atoms with Crippen LogP contribution < -0.4 is 5.32 Å². The van der Waals surface area contributed by atoms with Crippen molar-refractivity contribution in [2.24, 2.45) is 0 Å². The summed E-state index contributed by atoms with van der Waals surface area (Å²) in [6.45, 7) is 2.94. The first kappa shape index (κ1) is 21.2. The van der Waals surface area contributed by atoms with Crippen LogP contribution in [0.15, 0.2) is 94.7 Å². The van der Waals surface area contributed by atoms with Gasteiger partial charge in [0.05, 0.1) is 12.2 Å². The van der Waals surface area contributed by atoms with E-state index in [2.05, 4.69) is 22.3 Å². The van der Waals surface area contributed by atoms with E-state index in [0.29, 0.717) is 38.3 Å². The highest BCUT2D eigenvalue weighted by Crippen LogP contribution is 2.33. The Balaban J connectivity index is 1.30. The predicted molar refractivity (Wildman–Crippen MR) is 124 cm³/mol. The number of piperazine rings is 1. The zero-order chi connectivity index (χ0) is 21.5.